The summed E-state index contributed by atoms with van der Waals surface area (Å²) in [7, 11) is 3.31. The summed E-state index contributed by atoms with van der Waals surface area (Å²) in [5, 5.41) is 5.65. The van der Waals surface area contributed by atoms with Crippen LogP contribution in [0, 0.1) is 6.92 Å². The predicted molar refractivity (Wildman–Crippen MR) is 118 cm³/mol. The van der Waals surface area contributed by atoms with Crippen LogP contribution in [0.5, 0.6) is 0 Å². The lowest BCUT2D eigenvalue weighted by Gasteiger charge is -2.15. The zero-order valence-corrected chi connectivity index (χ0v) is 17.1. The molecule has 6 heteroatoms. The van der Waals surface area contributed by atoms with E-state index in [9.17, 15) is 14.4 Å². The van der Waals surface area contributed by atoms with E-state index in [0.29, 0.717) is 28.1 Å². The Bertz CT molecular complexity index is 1090. The van der Waals surface area contributed by atoms with Crippen molar-refractivity contribution in [2.24, 2.45) is 0 Å². The molecule has 3 aromatic rings. The molecule has 152 valence electrons. The number of amides is 3. The van der Waals surface area contributed by atoms with E-state index in [1.165, 1.54) is 4.90 Å². The summed E-state index contributed by atoms with van der Waals surface area (Å²) >= 11 is 0. The van der Waals surface area contributed by atoms with Crippen molar-refractivity contribution in [3.63, 3.8) is 0 Å². The van der Waals surface area contributed by atoms with Crippen molar-refractivity contribution in [2.45, 2.75) is 6.92 Å². The van der Waals surface area contributed by atoms with Crippen molar-refractivity contribution < 1.29 is 14.4 Å². The Hall–Kier alpha value is -3.93. The minimum absolute atomic E-state index is 0.203. The molecule has 2 N–H and O–H groups in total. The molecule has 0 aliphatic carbocycles. The van der Waals surface area contributed by atoms with Crippen LogP contribution in [-0.2, 0) is 0 Å². The van der Waals surface area contributed by atoms with E-state index in [-0.39, 0.29) is 17.7 Å². The van der Waals surface area contributed by atoms with Crippen LogP contribution in [0.25, 0.3) is 0 Å². The highest BCUT2D eigenvalue weighted by Crippen LogP contribution is 2.21. The number of para-hydroxylation sites is 1. The highest BCUT2D eigenvalue weighted by Gasteiger charge is 2.16. The van der Waals surface area contributed by atoms with Crippen LogP contribution in [0.3, 0.4) is 0 Å². The van der Waals surface area contributed by atoms with Crippen molar-refractivity contribution in [1.82, 2.24) is 4.90 Å². The zero-order chi connectivity index (χ0) is 21.7. The van der Waals surface area contributed by atoms with E-state index in [2.05, 4.69) is 10.6 Å². The first-order chi connectivity index (χ1) is 14.4. The first-order valence-electron chi connectivity index (χ1n) is 9.46. The number of carbonyl (C=O) groups excluding carboxylic acids is 3. The summed E-state index contributed by atoms with van der Waals surface area (Å²) in [6.07, 6.45) is 0. The lowest BCUT2D eigenvalue weighted by Crippen LogP contribution is -2.24. The van der Waals surface area contributed by atoms with Crippen LogP contribution in [0.2, 0.25) is 0 Å². The van der Waals surface area contributed by atoms with Gasteiger partial charge in [0.05, 0.1) is 11.3 Å². The smallest absolute Gasteiger partial charge is 0.255 e. The summed E-state index contributed by atoms with van der Waals surface area (Å²) in [5.41, 5.74) is 3.12. The van der Waals surface area contributed by atoms with Crippen molar-refractivity contribution in [3.8, 4) is 0 Å². The van der Waals surface area contributed by atoms with Gasteiger partial charge in [-0.2, -0.15) is 0 Å². The Morgan fingerprint density at radius 2 is 1.30 bits per heavy atom. The maximum atomic E-state index is 12.8. The molecule has 0 aromatic heterocycles. The number of anilines is 2. The highest BCUT2D eigenvalue weighted by atomic mass is 16.2. The first-order valence-corrected chi connectivity index (χ1v) is 9.46. The third kappa shape index (κ3) is 4.72. The Kier molecular flexibility index (Phi) is 6.27. The molecular formula is C24H23N3O3. The minimum Gasteiger partial charge on any atom is -0.345 e. The summed E-state index contributed by atoms with van der Waals surface area (Å²) in [4.78, 5) is 39.1. The van der Waals surface area contributed by atoms with Gasteiger partial charge in [0, 0.05) is 30.9 Å². The SMILES string of the molecule is Cc1ccc(C(=O)Nc2ccccc2C(=O)N(C)C)cc1NC(=O)c1ccccc1. The van der Waals surface area contributed by atoms with E-state index < -0.39 is 0 Å². The van der Waals surface area contributed by atoms with Gasteiger partial charge in [0.25, 0.3) is 17.7 Å². The van der Waals surface area contributed by atoms with Gasteiger partial charge < -0.3 is 15.5 Å². The fourth-order valence-electron chi connectivity index (χ4n) is 2.90. The average molecular weight is 401 g/mol. The Balaban J connectivity index is 1.82. The maximum Gasteiger partial charge on any atom is 0.255 e. The van der Waals surface area contributed by atoms with Gasteiger partial charge in [-0.05, 0) is 48.9 Å². The van der Waals surface area contributed by atoms with Crippen LogP contribution in [0.15, 0.2) is 72.8 Å². The third-order valence-electron chi connectivity index (χ3n) is 4.60. The van der Waals surface area contributed by atoms with Crippen molar-refractivity contribution in [2.75, 3.05) is 24.7 Å². The van der Waals surface area contributed by atoms with Crippen LogP contribution >= 0.6 is 0 Å². The molecule has 0 heterocycles. The molecule has 0 radical (unpaired) electrons. The van der Waals surface area contributed by atoms with Gasteiger partial charge in [-0.1, -0.05) is 36.4 Å². The highest BCUT2D eigenvalue weighted by molar-refractivity contribution is 6.10. The van der Waals surface area contributed by atoms with Crippen LogP contribution in [0.4, 0.5) is 11.4 Å². The second-order valence-electron chi connectivity index (χ2n) is 7.05. The molecule has 3 aromatic carbocycles. The number of hydrogen-bond donors (Lipinski definition) is 2. The quantitative estimate of drug-likeness (QED) is 0.672. The van der Waals surface area contributed by atoms with E-state index in [0.717, 1.165) is 5.56 Å². The number of rotatable bonds is 5. The lowest BCUT2D eigenvalue weighted by molar-refractivity contribution is 0.0828. The van der Waals surface area contributed by atoms with E-state index in [1.54, 1.807) is 80.8 Å². The molecule has 30 heavy (non-hydrogen) atoms. The average Bonchev–Trinajstić information content (AvgIpc) is 2.75. The molecule has 0 saturated heterocycles. The van der Waals surface area contributed by atoms with Gasteiger partial charge in [0.1, 0.15) is 0 Å². The molecule has 0 unspecified atom stereocenters. The van der Waals surface area contributed by atoms with Gasteiger partial charge >= 0.3 is 0 Å². The summed E-state index contributed by atoms with van der Waals surface area (Å²) < 4.78 is 0. The van der Waals surface area contributed by atoms with Gasteiger partial charge in [-0.15, -0.1) is 0 Å². The molecular weight excluding hydrogens is 378 g/mol. The zero-order valence-electron chi connectivity index (χ0n) is 17.1. The normalized spacial score (nSPS) is 10.2. The lowest BCUT2D eigenvalue weighted by atomic mass is 10.1. The number of carbonyl (C=O) groups is 3. The molecule has 0 bridgehead atoms. The molecule has 0 aliphatic rings. The van der Waals surface area contributed by atoms with Gasteiger partial charge in [-0.3, -0.25) is 14.4 Å². The summed E-state index contributed by atoms with van der Waals surface area (Å²) in [6.45, 7) is 1.85. The number of nitrogens with zero attached hydrogens (tertiary/aromatic N) is 1. The monoisotopic (exact) mass is 401 g/mol. The Morgan fingerprint density at radius 3 is 2.00 bits per heavy atom. The van der Waals surface area contributed by atoms with Crippen molar-refractivity contribution >= 4 is 29.1 Å². The van der Waals surface area contributed by atoms with Gasteiger partial charge in [0.2, 0.25) is 0 Å². The van der Waals surface area contributed by atoms with Gasteiger partial charge in [-0.25, -0.2) is 0 Å². The van der Waals surface area contributed by atoms with E-state index in [4.69, 9.17) is 0 Å². The van der Waals surface area contributed by atoms with Crippen LogP contribution in [-0.4, -0.2) is 36.7 Å². The fourth-order valence-corrected chi connectivity index (χ4v) is 2.90. The number of aryl methyl sites for hydroxylation is 1. The molecule has 0 saturated carbocycles. The van der Waals surface area contributed by atoms with Gasteiger partial charge in [0.15, 0.2) is 0 Å². The van der Waals surface area contributed by atoms with Crippen LogP contribution in [0.1, 0.15) is 36.6 Å². The maximum absolute atomic E-state index is 12.8. The standard InChI is InChI=1S/C24H23N3O3/c1-16-13-14-18(15-21(16)26-22(28)17-9-5-4-6-10-17)23(29)25-20-12-8-7-11-19(20)24(30)27(2)3/h4-15H,1-3H3,(H,25,29)(H,26,28). The molecule has 0 atom stereocenters. The molecule has 3 rings (SSSR count). The molecule has 0 aliphatic heterocycles. The topological polar surface area (TPSA) is 78.5 Å². The second kappa shape index (κ2) is 9.05. The van der Waals surface area contributed by atoms with Crippen molar-refractivity contribution in [1.29, 1.82) is 0 Å². The fraction of sp³-hybridized carbons (Fsp3) is 0.125. The van der Waals surface area contributed by atoms with Crippen LogP contribution < -0.4 is 10.6 Å². The van der Waals surface area contributed by atoms with E-state index in [1.807, 2.05) is 13.0 Å². The third-order valence-corrected chi connectivity index (χ3v) is 4.60. The molecule has 0 fully saturated rings. The van der Waals surface area contributed by atoms with Crippen molar-refractivity contribution in [3.05, 3.63) is 95.1 Å². The molecule has 6 nitrogen and oxygen atoms in total. The largest absolute Gasteiger partial charge is 0.345 e. The molecule has 3 amide bonds. The Labute approximate surface area is 175 Å². The first kappa shape index (κ1) is 20.8. The molecule has 0 spiro atoms. The number of nitrogens with one attached hydrogen (secondary N) is 2. The summed E-state index contributed by atoms with van der Waals surface area (Å²) in [6, 6.07) is 20.8. The van der Waals surface area contributed by atoms with E-state index >= 15 is 0 Å². The summed E-state index contributed by atoms with van der Waals surface area (Å²) in [5.74, 6) is -0.826. The minimum atomic E-state index is -0.371. The Morgan fingerprint density at radius 1 is 0.700 bits per heavy atom. The number of hydrogen-bond acceptors (Lipinski definition) is 3. The second-order valence-corrected chi connectivity index (χ2v) is 7.05. The number of benzene rings is 3. The predicted octanol–water partition coefficient (Wildman–Crippen LogP) is 4.20.